The van der Waals surface area contributed by atoms with Gasteiger partial charge < -0.3 is 0 Å². The molecule has 0 bridgehead atoms. The highest BCUT2D eigenvalue weighted by Crippen LogP contribution is 2.24. The Morgan fingerprint density at radius 1 is 1.47 bits per heavy atom. The summed E-state index contributed by atoms with van der Waals surface area (Å²) >= 11 is 9.57. The van der Waals surface area contributed by atoms with Crippen LogP contribution in [0.5, 0.6) is 0 Å². The van der Waals surface area contributed by atoms with Crippen molar-refractivity contribution in [1.29, 1.82) is 0 Å². The van der Waals surface area contributed by atoms with Crippen LogP contribution in [0.4, 0.5) is 0 Å². The first-order chi connectivity index (χ1) is 6.91. The van der Waals surface area contributed by atoms with Crippen LogP contribution in [0.15, 0.2) is 4.47 Å². The Morgan fingerprint density at radius 2 is 2.07 bits per heavy atom. The maximum absolute atomic E-state index is 5.99. The molecule has 0 saturated heterocycles. The van der Waals surface area contributed by atoms with E-state index in [4.69, 9.17) is 11.6 Å². The highest BCUT2D eigenvalue weighted by Gasteiger charge is 2.14. The molecule has 0 amide bonds. The van der Waals surface area contributed by atoms with Gasteiger partial charge in [0.05, 0.1) is 15.9 Å². The van der Waals surface area contributed by atoms with E-state index in [-0.39, 0.29) is 5.38 Å². The minimum atomic E-state index is 0.244. The fourth-order valence-corrected chi connectivity index (χ4v) is 2.67. The van der Waals surface area contributed by atoms with Crippen molar-refractivity contribution in [3.8, 4) is 0 Å². The lowest BCUT2D eigenvalue weighted by Crippen LogP contribution is -2.09. The van der Waals surface area contributed by atoms with Crippen molar-refractivity contribution in [2.24, 2.45) is 13.0 Å². The van der Waals surface area contributed by atoms with E-state index in [1.807, 2.05) is 25.6 Å². The van der Waals surface area contributed by atoms with Gasteiger partial charge in [-0.25, -0.2) is 0 Å². The van der Waals surface area contributed by atoms with E-state index in [0.717, 1.165) is 23.0 Å². The number of aromatic nitrogens is 2. The molecule has 0 radical (unpaired) electrons. The summed E-state index contributed by atoms with van der Waals surface area (Å²) in [7, 11) is 1.99. The lowest BCUT2D eigenvalue weighted by Gasteiger charge is -2.13. The van der Waals surface area contributed by atoms with Gasteiger partial charge in [-0.15, -0.1) is 11.6 Å². The molecule has 2 atom stereocenters. The van der Waals surface area contributed by atoms with Crippen molar-refractivity contribution in [2.45, 2.75) is 39.0 Å². The zero-order valence-corrected chi connectivity index (χ0v) is 12.1. The molecule has 0 fully saturated rings. The summed E-state index contributed by atoms with van der Waals surface area (Å²) < 4.78 is 3.09. The standard InChI is InChI=1S/C11H18BrClN2/c1-7(5-8(2)13)6-10-11(12)9(3)14-15(10)4/h7-8H,5-6H2,1-4H3. The van der Waals surface area contributed by atoms with E-state index in [2.05, 4.69) is 28.0 Å². The second-order valence-corrected chi connectivity index (χ2v) is 5.83. The van der Waals surface area contributed by atoms with Gasteiger partial charge in [0.2, 0.25) is 0 Å². The zero-order chi connectivity index (χ0) is 11.6. The molecule has 1 heterocycles. The zero-order valence-electron chi connectivity index (χ0n) is 9.72. The molecule has 0 aliphatic carbocycles. The van der Waals surface area contributed by atoms with Gasteiger partial charge in [0, 0.05) is 12.4 Å². The molecule has 2 nitrogen and oxygen atoms in total. The SMILES string of the molecule is Cc1nn(C)c(CC(C)CC(C)Cl)c1Br. The molecule has 2 unspecified atom stereocenters. The van der Waals surface area contributed by atoms with Crippen molar-refractivity contribution in [1.82, 2.24) is 9.78 Å². The molecule has 0 N–H and O–H groups in total. The summed E-state index contributed by atoms with van der Waals surface area (Å²) in [6.45, 7) is 6.29. The summed E-state index contributed by atoms with van der Waals surface area (Å²) in [6.07, 6.45) is 2.06. The van der Waals surface area contributed by atoms with E-state index in [1.165, 1.54) is 5.69 Å². The fourth-order valence-electron chi connectivity index (χ4n) is 1.87. The van der Waals surface area contributed by atoms with Crippen molar-refractivity contribution < 1.29 is 0 Å². The molecule has 0 aromatic carbocycles. The molecular formula is C11H18BrClN2. The molecule has 1 aromatic heterocycles. The van der Waals surface area contributed by atoms with E-state index in [1.54, 1.807) is 0 Å². The van der Waals surface area contributed by atoms with Gasteiger partial charge in [0.15, 0.2) is 0 Å². The Kier molecular flexibility index (Phi) is 4.65. The maximum atomic E-state index is 5.99. The van der Waals surface area contributed by atoms with Crippen molar-refractivity contribution >= 4 is 27.5 Å². The van der Waals surface area contributed by atoms with Crippen LogP contribution >= 0.6 is 27.5 Å². The van der Waals surface area contributed by atoms with Crippen LogP contribution in [0.3, 0.4) is 0 Å². The summed E-state index contributed by atoms with van der Waals surface area (Å²) in [5.41, 5.74) is 2.32. The first-order valence-electron chi connectivity index (χ1n) is 5.23. The van der Waals surface area contributed by atoms with Crippen molar-refractivity contribution in [3.63, 3.8) is 0 Å². The molecule has 1 aromatic rings. The predicted molar refractivity (Wildman–Crippen MR) is 68.4 cm³/mol. The Balaban J connectivity index is 2.71. The van der Waals surface area contributed by atoms with Gasteiger partial charge >= 0.3 is 0 Å². The van der Waals surface area contributed by atoms with Crippen LogP contribution in [0, 0.1) is 12.8 Å². The van der Waals surface area contributed by atoms with E-state index >= 15 is 0 Å². The third-order valence-corrected chi connectivity index (χ3v) is 3.74. The normalized spacial score (nSPS) is 15.3. The lowest BCUT2D eigenvalue weighted by molar-refractivity contribution is 0.505. The molecule has 4 heteroatoms. The molecule has 15 heavy (non-hydrogen) atoms. The Hall–Kier alpha value is -0.0200. The fraction of sp³-hybridized carbons (Fsp3) is 0.727. The lowest BCUT2D eigenvalue weighted by atomic mass is 10.00. The summed E-state index contributed by atoms with van der Waals surface area (Å²) in [5, 5.41) is 4.62. The summed E-state index contributed by atoms with van der Waals surface area (Å²) in [4.78, 5) is 0. The minimum Gasteiger partial charge on any atom is -0.271 e. The topological polar surface area (TPSA) is 17.8 Å². The van der Waals surface area contributed by atoms with Crippen LogP contribution in [0.2, 0.25) is 0 Å². The number of halogens is 2. The van der Waals surface area contributed by atoms with Gasteiger partial charge in [0.25, 0.3) is 0 Å². The smallest absolute Gasteiger partial charge is 0.0738 e. The van der Waals surface area contributed by atoms with Gasteiger partial charge in [-0.2, -0.15) is 5.10 Å². The van der Waals surface area contributed by atoms with Crippen LogP contribution in [-0.4, -0.2) is 15.2 Å². The van der Waals surface area contributed by atoms with Crippen LogP contribution in [0.25, 0.3) is 0 Å². The molecule has 0 spiro atoms. The molecule has 86 valence electrons. The highest BCUT2D eigenvalue weighted by molar-refractivity contribution is 9.10. The Labute approximate surface area is 105 Å². The van der Waals surface area contributed by atoms with Crippen LogP contribution in [0.1, 0.15) is 31.7 Å². The monoisotopic (exact) mass is 292 g/mol. The average Bonchev–Trinajstić information content (AvgIpc) is 2.31. The molecular weight excluding hydrogens is 275 g/mol. The third kappa shape index (κ3) is 3.49. The van der Waals surface area contributed by atoms with Crippen molar-refractivity contribution in [3.05, 3.63) is 15.9 Å². The highest BCUT2D eigenvalue weighted by atomic mass is 79.9. The molecule has 0 aliphatic heterocycles. The second-order valence-electron chi connectivity index (χ2n) is 4.30. The number of nitrogens with zero attached hydrogens (tertiary/aromatic N) is 2. The second kappa shape index (κ2) is 5.35. The number of hydrogen-bond donors (Lipinski definition) is 0. The quantitative estimate of drug-likeness (QED) is 0.774. The summed E-state index contributed by atoms with van der Waals surface area (Å²) in [5.74, 6) is 0.587. The van der Waals surface area contributed by atoms with Gasteiger partial charge in [-0.3, -0.25) is 4.68 Å². The average molecular weight is 294 g/mol. The van der Waals surface area contributed by atoms with Gasteiger partial charge in [0.1, 0.15) is 0 Å². The number of hydrogen-bond acceptors (Lipinski definition) is 1. The minimum absolute atomic E-state index is 0.244. The summed E-state index contributed by atoms with van der Waals surface area (Å²) in [6, 6.07) is 0. The first-order valence-corrected chi connectivity index (χ1v) is 6.46. The number of alkyl halides is 1. The number of rotatable bonds is 4. The Morgan fingerprint density at radius 3 is 2.47 bits per heavy atom. The van der Waals surface area contributed by atoms with Gasteiger partial charge in [-0.1, -0.05) is 6.92 Å². The largest absolute Gasteiger partial charge is 0.271 e. The van der Waals surface area contributed by atoms with Crippen LogP contribution < -0.4 is 0 Å². The molecule has 0 aliphatic rings. The molecule has 1 rings (SSSR count). The van der Waals surface area contributed by atoms with E-state index in [9.17, 15) is 0 Å². The first kappa shape index (κ1) is 13.0. The number of aryl methyl sites for hydroxylation is 2. The van der Waals surface area contributed by atoms with Crippen molar-refractivity contribution in [2.75, 3.05) is 0 Å². The van der Waals surface area contributed by atoms with Gasteiger partial charge in [-0.05, 0) is 48.5 Å². The maximum Gasteiger partial charge on any atom is 0.0738 e. The Bertz CT molecular complexity index is 334. The molecule has 0 saturated carbocycles. The van der Waals surface area contributed by atoms with Crippen LogP contribution in [-0.2, 0) is 13.5 Å². The van der Waals surface area contributed by atoms with E-state index < -0.39 is 0 Å². The van der Waals surface area contributed by atoms with E-state index in [0.29, 0.717) is 5.92 Å². The predicted octanol–water partition coefficient (Wildman–Crippen LogP) is 3.69. The third-order valence-electron chi connectivity index (χ3n) is 2.53.